The molecule has 0 saturated heterocycles. The summed E-state index contributed by atoms with van der Waals surface area (Å²) in [6, 6.07) is 17.3. The molecule has 0 spiro atoms. The number of allylic oxidation sites excluding steroid dienone is 1. The smallest absolute Gasteiger partial charge is 0.0453 e. The molecular formula is C18H19N. The summed E-state index contributed by atoms with van der Waals surface area (Å²) in [7, 11) is 2.14. The average Bonchev–Trinajstić information content (AvgIpc) is 2.49. The molecule has 2 aromatic rings. The highest BCUT2D eigenvalue weighted by atomic mass is 15.1. The van der Waals surface area contributed by atoms with E-state index in [9.17, 15) is 0 Å². The van der Waals surface area contributed by atoms with Crippen molar-refractivity contribution in [2.24, 2.45) is 0 Å². The van der Waals surface area contributed by atoms with Crippen molar-refractivity contribution >= 4 is 11.4 Å². The predicted molar refractivity (Wildman–Crippen MR) is 82.2 cm³/mol. The Morgan fingerprint density at radius 3 is 1.89 bits per heavy atom. The lowest BCUT2D eigenvalue weighted by atomic mass is 9.69. The molecule has 19 heavy (non-hydrogen) atoms. The van der Waals surface area contributed by atoms with Crippen LogP contribution in [-0.4, -0.2) is 7.05 Å². The molecule has 1 aliphatic heterocycles. The minimum atomic E-state index is -0.0697. The van der Waals surface area contributed by atoms with Crippen molar-refractivity contribution < 1.29 is 0 Å². The maximum atomic E-state index is 4.13. The lowest BCUT2D eigenvalue weighted by Crippen LogP contribution is -2.33. The Morgan fingerprint density at radius 1 is 1.00 bits per heavy atom. The minimum absolute atomic E-state index is 0.0697. The number of rotatable bonds is 2. The molecule has 2 aromatic carbocycles. The summed E-state index contributed by atoms with van der Waals surface area (Å²) in [6.45, 7) is 6.37. The molecule has 96 valence electrons. The van der Waals surface area contributed by atoms with Crippen molar-refractivity contribution in [1.29, 1.82) is 0 Å². The summed E-state index contributed by atoms with van der Waals surface area (Å²) in [5, 5.41) is 0. The Hall–Kier alpha value is -2.02. The van der Waals surface area contributed by atoms with Crippen molar-refractivity contribution in [1.82, 2.24) is 0 Å². The largest absolute Gasteiger partial charge is 0.344 e. The maximum absolute atomic E-state index is 4.13. The molecule has 1 nitrogen and oxygen atoms in total. The van der Waals surface area contributed by atoms with Gasteiger partial charge in [0.05, 0.1) is 0 Å². The Labute approximate surface area is 115 Å². The van der Waals surface area contributed by atoms with Gasteiger partial charge in [-0.2, -0.15) is 0 Å². The molecule has 0 bridgehead atoms. The van der Waals surface area contributed by atoms with Crippen molar-refractivity contribution in [3.8, 4) is 0 Å². The predicted octanol–water partition coefficient (Wildman–Crippen LogP) is 4.65. The minimum Gasteiger partial charge on any atom is -0.344 e. The molecular weight excluding hydrogens is 230 g/mol. The molecule has 0 saturated carbocycles. The molecule has 0 radical (unpaired) electrons. The van der Waals surface area contributed by atoms with Crippen LogP contribution in [0.1, 0.15) is 24.5 Å². The van der Waals surface area contributed by atoms with E-state index < -0.39 is 0 Å². The van der Waals surface area contributed by atoms with Gasteiger partial charge >= 0.3 is 0 Å². The Bertz CT molecular complexity index is 580. The maximum Gasteiger partial charge on any atom is 0.0453 e. The lowest BCUT2D eigenvalue weighted by molar-refractivity contribution is 0.609. The normalized spacial score (nSPS) is 15.6. The van der Waals surface area contributed by atoms with Crippen LogP contribution in [0.3, 0.4) is 0 Å². The first kappa shape index (κ1) is 12.0. The zero-order chi connectivity index (χ0) is 13.5. The molecule has 1 heteroatoms. The second-order valence-corrected chi connectivity index (χ2v) is 5.12. The van der Waals surface area contributed by atoms with Crippen LogP contribution in [0.5, 0.6) is 0 Å². The molecule has 0 atom stereocenters. The molecule has 3 rings (SSSR count). The van der Waals surface area contributed by atoms with E-state index in [1.165, 1.54) is 22.5 Å². The van der Waals surface area contributed by atoms with Crippen molar-refractivity contribution in [2.75, 3.05) is 11.9 Å². The third-order valence-corrected chi connectivity index (χ3v) is 4.40. The van der Waals surface area contributed by atoms with E-state index in [4.69, 9.17) is 0 Å². The third kappa shape index (κ3) is 1.48. The van der Waals surface area contributed by atoms with Gasteiger partial charge in [-0.25, -0.2) is 0 Å². The number of benzene rings is 2. The molecule has 0 amide bonds. The van der Waals surface area contributed by atoms with Crippen LogP contribution in [-0.2, 0) is 5.41 Å². The second kappa shape index (κ2) is 4.27. The van der Waals surface area contributed by atoms with Crippen LogP contribution < -0.4 is 4.90 Å². The van der Waals surface area contributed by atoms with Gasteiger partial charge in [-0.3, -0.25) is 0 Å². The van der Waals surface area contributed by atoms with E-state index in [0.29, 0.717) is 0 Å². The summed E-state index contributed by atoms with van der Waals surface area (Å²) >= 11 is 0. The Morgan fingerprint density at radius 2 is 1.47 bits per heavy atom. The first-order valence-corrected chi connectivity index (χ1v) is 6.81. The van der Waals surface area contributed by atoms with Crippen molar-refractivity contribution in [2.45, 2.75) is 18.8 Å². The first-order chi connectivity index (χ1) is 9.24. The fourth-order valence-corrected chi connectivity index (χ4v) is 3.31. The first-order valence-electron chi connectivity index (χ1n) is 6.81. The van der Waals surface area contributed by atoms with Gasteiger partial charge in [0.25, 0.3) is 0 Å². The second-order valence-electron chi connectivity index (χ2n) is 5.12. The zero-order valence-electron chi connectivity index (χ0n) is 11.6. The van der Waals surface area contributed by atoms with E-state index in [2.05, 4.69) is 80.1 Å². The van der Waals surface area contributed by atoms with E-state index in [0.717, 1.165) is 6.42 Å². The highest BCUT2D eigenvalue weighted by Crippen LogP contribution is 2.50. The molecule has 0 unspecified atom stereocenters. The molecule has 0 fully saturated rings. The van der Waals surface area contributed by atoms with Gasteiger partial charge in [-0.1, -0.05) is 49.4 Å². The summed E-state index contributed by atoms with van der Waals surface area (Å²) in [5.41, 5.74) is 5.20. The molecule has 0 aromatic heterocycles. The van der Waals surface area contributed by atoms with Crippen molar-refractivity contribution in [3.05, 3.63) is 72.3 Å². The Kier molecular flexibility index (Phi) is 2.70. The van der Waals surface area contributed by atoms with E-state index in [1.807, 2.05) is 0 Å². The monoisotopic (exact) mass is 249 g/mol. The van der Waals surface area contributed by atoms with Gasteiger partial charge in [-0.05, 0) is 29.7 Å². The molecule has 0 N–H and O–H groups in total. The number of anilines is 2. The van der Waals surface area contributed by atoms with Gasteiger partial charge in [0.15, 0.2) is 0 Å². The number of fused-ring (bicyclic) bond motifs is 2. The number of hydrogen-bond acceptors (Lipinski definition) is 1. The number of nitrogens with zero attached hydrogens (tertiary/aromatic N) is 1. The van der Waals surface area contributed by atoms with Gasteiger partial charge in [-0.15, -0.1) is 6.58 Å². The fourth-order valence-electron chi connectivity index (χ4n) is 3.31. The van der Waals surface area contributed by atoms with Gasteiger partial charge in [0.2, 0.25) is 0 Å². The van der Waals surface area contributed by atoms with Gasteiger partial charge in [0, 0.05) is 23.8 Å². The van der Waals surface area contributed by atoms with E-state index in [1.54, 1.807) is 0 Å². The molecule has 1 heterocycles. The third-order valence-electron chi connectivity index (χ3n) is 4.40. The highest BCUT2D eigenvalue weighted by molar-refractivity contribution is 5.78. The van der Waals surface area contributed by atoms with Gasteiger partial charge in [0.1, 0.15) is 0 Å². The SMILES string of the molecule is C=CC1(CC)c2ccccc2N(C)c2ccccc21. The van der Waals surface area contributed by atoms with Crippen LogP contribution >= 0.6 is 0 Å². The van der Waals surface area contributed by atoms with Crippen LogP contribution in [0.2, 0.25) is 0 Å². The standard InChI is InChI=1S/C18H19N/c1-4-18(5-2)14-10-6-8-12-16(14)19(3)17-13-9-7-11-15(17)18/h4,6-13H,1,5H2,2-3H3. The number of hydrogen-bond donors (Lipinski definition) is 0. The summed E-state index contributed by atoms with van der Waals surface area (Å²) in [4.78, 5) is 2.28. The lowest BCUT2D eigenvalue weighted by Gasteiger charge is -2.42. The number of para-hydroxylation sites is 2. The average molecular weight is 249 g/mol. The quantitative estimate of drug-likeness (QED) is 0.700. The van der Waals surface area contributed by atoms with E-state index in [-0.39, 0.29) is 5.41 Å². The van der Waals surface area contributed by atoms with Crippen LogP contribution in [0, 0.1) is 0 Å². The zero-order valence-corrected chi connectivity index (χ0v) is 11.6. The summed E-state index contributed by atoms with van der Waals surface area (Å²) in [5.74, 6) is 0. The highest BCUT2D eigenvalue weighted by Gasteiger charge is 2.38. The summed E-state index contributed by atoms with van der Waals surface area (Å²) in [6.07, 6.45) is 3.13. The fraction of sp³-hybridized carbons (Fsp3) is 0.222. The summed E-state index contributed by atoms with van der Waals surface area (Å²) < 4.78 is 0. The Balaban J connectivity index is 2.39. The van der Waals surface area contributed by atoms with Gasteiger partial charge < -0.3 is 4.90 Å². The van der Waals surface area contributed by atoms with Crippen molar-refractivity contribution in [3.63, 3.8) is 0 Å². The van der Waals surface area contributed by atoms with Crippen LogP contribution in [0.4, 0.5) is 11.4 Å². The molecule has 1 aliphatic rings. The topological polar surface area (TPSA) is 3.24 Å². The van der Waals surface area contributed by atoms with Crippen LogP contribution in [0.15, 0.2) is 61.2 Å². The molecule has 0 aliphatic carbocycles. The van der Waals surface area contributed by atoms with Crippen LogP contribution in [0.25, 0.3) is 0 Å². The van der Waals surface area contributed by atoms with E-state index >= 15 is 0 Å².